The molecule has 0 radical (unpaired) electrons. The zero-order chi connectivity index (χ0) is 17.1. The lowest BCUT2D eigenvalue weighted by Gasteiger charge is -2.32. The van der Waals surface area contributed by atoms with Gasteiger partial charge in [-0.25, -0.2) is 4.79 Å². The Hall–Kier alpha value is -2.48. The second-order valence-corrected chi connectivity index (χ2v) is 5.98. The van der Waals surface area contributed by atoms with E-state index in [2.05, 4.69) is 4.98 Å². The van der Waals surface area contributed by atoms with Crippen molar-refractivity contribution in [3.8, 4) is 0 Å². The Labute approximate surface area is 139 Å². The lowest BCUT2D eigenvalue weighted by atomic mass is 10.1. The Balaban J connectivity index is 1.60. The van der Waals surface area contributed by atoms with Gasteiger partial charge in [0.25, 0.3) is 0 Å². The summed E-state index contributed by atoms with van der Waals surface area (Å²) in [6.07, 6.45) is 0.823. The summed E-state index contributed by atoms with van der Waals surface area (Å²) in [5.41, 5.74) is 0.774. The van der Waals surface area contributed by atoms with Gasteiger partial charge in [0.2, 0.25) is 11.8 Å². The number of hydrogen-bond acceptors (Lipinski definition) is 5. The molecule has 2 saturated heterocycles. The Morgan fingerprint density at radius 2 is 2.17 bits per heavy atom. The standard InChI is InChI=1S/C16H19N3O5/c20-14-7-11(8-19(14)9-12-3-1-2-4-17-12)15(21)18-5-6-24-13(10-18)16(22)23/h1-4,11,13H,5-10H2,(H,22,23)/t11-,13+/m0/s1. The number of carbonyl (C=O) groups is 3. The Morgan fingerprint density at radius 3 is 2.88 bits per heavy atom. The fourth-order valence-electron chi connectivity index (χ4n) is 3.03. The molecule has 2 amide bonds. The van der Waals surface area contributed by atoms with E-state index in [9.17, 15) is 14.4 Å². The van der Waals surface area contributed by atoms with Gasteiger partial charge in [0, 0.05) is 25.7 Å². The molecule has 128 valence electrons. The minimum Gasteiger partial charge on any atom is -0.479 e. The molecule has 0 aliphatic carbocycles. The van der Waals surface area contributed by atoms with Gasteiger partial charge in [-0.15, -0.1) is 0 Å². The van der Waals surface area contributed by atoms with Crippen molar-refractivity contribution in [2.75, 3.05) is 26.2 Å². The van der Waals surface area contributed by atoms with Crippen LogP contribution in [-0.4, -0.2) is 70.0 Å². The van der Waals surface area contributed by atoms with Crippen molar-refractivity contribution >= 4 is 17.8 Å². The van der Waals surface area contributed by atoms with E-state index in [-0.39, 0.29) is 31.4 Å². The fourth-order valence-corrected chi connectivity index (χ4v) is 3.03. The second-order valence-electron chi connectivity index (χ2n) is 5.98. The fraction of sp³-hybridized carbons (Fsp3) is 0.500. The largest absolute Gasteiger partial charge is 0.479 e. The number of carboxylic acids is 1. The minimum atomic E-state index is -1.08. The minimum absolute atomic E-state index is 0.0269. The van der Waals surface area contributed by atoms with Crippen LogP contribution in [0.2, 0.25) is 0 Å². The molecule has 24 heavy (non-hydrogen) atoms. The van der Waals surface area contributed by atoms with E-state index >= 15 is 0 Å². The van der Waals surface area contributed by atoms with E-state index in [0.717, 1.165) is 5.69 Å². The van der Waals surface area contributed by atoms with Gasteiger partial charge < -0.3 is 19.6 Å². The molecule has 2 aliphatic rings. The summed E-state index contributed by atoms with van der Waals surface area (Å²) in [6.45, 7) is 1.29. The third kappa shape index (κ3) is 3.53. The Morgan fingerprint density at radius 1 is 1.33 bits per heavy atom. The van der Waals surface area contributed by atoms with Crippen molar-refractivity contribution in [2.24, 2.45) is 5.92 Å². The van der Waals surface area contributed by atoms with E-state index in [1.807, 2.05) is 12.1 Å². The predicted molar refractivity (Wildman–Crippen MR) is 81.7 cm³/mol. The van der Waals surface area contributed by atoms with Crippen LogP contribution in [0, 0.1) is 5.92 Å². The summed E-state index contributed by atoms with van der Waals surface area (Å²) in [5.74, 6) is -1.77. The molecule has 0 bridgehead atoms. The highest BCUT2D eigenvalue weighted by Crippen LogP contribution is 2.22. The van der Waals surface area contributed by atoms with Gasteiger partial charge >= 0.3 is 5.97 Å². The van der Waals surface area contributed by atoms with Crippen molar-refractivity contribution < 1.29 is 24.2 Å². The number of hydrogen-bond donors (Lipinski definition) is 1. The first-order chi connectivity index (χ1) is 11.5. The third-order valence-electron chi connectivity index (χ3n) is 4.30. The first-order valence-electron chi connectivity index (χ1n) is 7.85. The normalized spacial score (nSPS) is 24.2. The molecule has 2 aliphatic heterocycles. The third-order valence-corrected chi connectivity index (χ3v) is 4.30. The maximum absolute atomic E-state index is 12.6. The number of carbonyl (C=O) groups excluding carboxylic acids is 2. The summed E-state index contributed by atoms with van der Waals surface area (Å²) in [5, 5.41) is 9.02. The van der Waals surface area contributed by atoms with E-state index in [1.54, 1.807) is 17.2 Å². The SMILES string of the molecule is O=C(O)[C@H]1CN(C(=O)[C@H]2CC(=O)N(Cc3ccccn3)C2)CCO1. The molecule has 8 nitrogen and oxygen atoms in total. The zero-order valence-corrected chi connectivity index (χ0v) is 13.1. The Kier molecular flexibility index (Phi) is 4.75. The van der Waals surface area contributed by atoms with Crippen molar-refractivity contribution in [1.82, 2.24) is 14.8 Å². The number of morpholine rings is 1. The monoisotopic (exact) mass is 333 g/mol. The zero-order valence-electron chi connectivity index (χ0n) is 13.1. The van der Waals surface area contributed by atoms with Gasteiger partial charge in [0.1, 0.15) is 0 Å². The van der Waals surface area contributed by atoms with Crippen molar-refractivity contribution in [3.63, 3.8) is 0 Å². The first kappa shape index (κ1) is 16.4. The number of amides is 2. The number of nitrogens with zero attached hydrogens (tertiary/aromatic N) is 3. The summed E-state index contributed by atoms with van der Waals surface area (Å²) in [6, 6.07) is 5.49. The topological polar surface area (TPSA) is 100 Å². The highest BCUT2D eigenvalue weighted by molar-refractivity contribution is 5.89. The van der Waals surface area contributed by atoms with Gasteiger partial charge in [0.15, 0.2) is 6.10 Å². The van der Waals surface area contributed by atoms with Crippen molar-refractivity contribution in [3.05, 3.63) is 30.1 Å². The van der Waals surface area contributed by atoms with E-state index in [4.69, 9.17) is 9.84 Å². The van der Waals surface area contributed by atoms with Crippen LogP contribution in [-0.2, 0) is 25.7 Å². The lowest BCUT2D eigenvalue weighted by Crippen LogP contribution is -2.50. The molecule has 2 atom stereocenters. The Bertz CT molecular complexity index is 636. The summed E-state index contributed by atoms with van der Waals surface area (Å²) >= 11 is 0. The summed E-state index contributed by atoms with van der Waals surface area (Å²) in [7, 11) is 0. The van der Waals surface area contributed by atoms with Crippen molar-refractivity contribution in [1.29, 1.82) is 0 Å². The first-order valence-corrected chi connectivity index (χ1v) is 7.85. The second kappa shape index (κ2) is 6.96. The van der Waals surface area contributed by atoms with Gasteiger partial charge in [-0.1, -0.05) is 6.07 Å². The van der Waals surface area contributed by atoms with E-state index < -0.39 is 18.0 Å². The average molecular weight is 333 g/mol. The van der Waals surface area contributed by atoms with Crippen LogP contribution < -0.4 is 0 Å². The maximum atomic E-state index is 12.6. The summed E-state index contributed by atoms with van der Waals surface area (Å²) in [4.78, 5) is 43.1. The molecule has 1 N–H and O–H groups in total. The van der Waals surface area contributed by atoms with Gasteiger partial charge in [-0.05, 0) is 12.1 Å². The van der Waals surface area contributed by atoms with Gasteiger partial charge in [0.05, 0.1) is 31.3 Å². The van der Waals surface area contributed by atoms with Crippen LogP contribution in [0.1, 0.15) is 12.1 Å². The van der Waals surface area contributed by atoms with Crippen LogP contribution in [0.4, 0.5) is 0 Å². The number of aliphatic carboxylic acids is 1. The molecule has 8 heteroatoms. The average Bonchev–Trinajstić information content (AvgIpc) is 2.96. The molecule has 0 aromatic carbocycles. The maximum Gasteiger partial charge on any atom is 0.334 e. The predicted octanol–water partition coefficient (Wildman–Crippen LogP) is -0.258. The molecule has 0 saturated carbocycles. The highest BCUT2D eigenvalue weighted by Gasteiger charge is 2.38. The molecule has 1 aromatic heterocycles. The number of rotatable bonds is 4. The lowest BCUT2D eigenvalue weighted by molar-refractivity contribution is -0.160. The van der Waals surface area contributed by atoms with Crippen LogP contribution in [0.15, 0.2) is 24.4 Å². The molecule has 3 rings (SSSR count). The van der Waals surface area contributed by atoms with Crippen molar-refractivity contribution in [2.45, 2.75) is 19.1 Å². The van der Waals surface area contributed by atoms with E-state index in [1.165, 1.54) is 4.90 Å². The van der Waals surface area contributed by atoms with Gasteiger partial charge in [-0.3, -0.25) is 14.6 Å². The molecular formula is C16H19N3O5. The van der Waals surface area contributed by atoms with Crippen LogP contribution >= 0.6 is 0 Å². The van der Waals surface area contributed by atoms with Crippen LogP contribution in [0.3, 0.4) is 0 Å². The molecule has 2 fully saturated rings. The number of likely N-dealkylation sites (tertiary alicyclic amines) is 1. The molecule has 0 unspecified atom stereocenters. The number of carboxylic acid groups (broad SMARTS) is 1. The van der Waals surface area contributed by atoms with E-state index in [0.29, 0.717) is 19.6 Å². The number of aromatic nitrogens is 1. The number of pyridine rings is 1. The molecule has 0 spiro atoms. The molecule has 1 aromatic rings. The van der Waals surface area contributed by atoms with Crippen LogP contribution in [0.25, 0.3) is 0 Å². The van der Waals surface area contributed by atoms with Gasteiger partial charge in [-0.2, -0.15) is 0 Å². The quantitative estimate of drug-likeness (QED) is 0.815. The highest BCUT2D eigenvalue weighted by atomic mass is 16.5. The summed E-state index contributed by atoms with van der Waals surface area (Å²) < 4.78 is 5.12. The van der Waals surface area contributed by atoms with Crippen LogP contribution in [0.5, 0.6) is 0 Å². The molecule has 3 heterocycles. The number of ether oxygens (including phenoxy) is 1. The smallest absolute Gasteiger partial charge is 0.334 e. The molecular weight excluding hydrogens is 314 g/mol.